The average Bonchev–Trinajstić information content (AvgIpc) is 2.33. The van der Waals surface area contributed by atoms with Gasteiger partial charge in [0.25, 0.3) is 0 Å². The Labute approximate surface area is 63.2 Å². The molecule has 1 N–H and O–H groups in total. The highest BCUT2D eigenvalue weighted by Crippen LogP contribution is 2.22. The van der Waals surface area contributed by atoms with Crippen molar-refractivity contribution in [3.8, 4) is 12.3 Å². The molecular weight excluding hydrogens is 122 g/mol. The van der Waals surface area contributed by atoms with Gasteiger partial charge in [-0.2, -0.15) is 0 Å². The zero-order valence-corrected chi connectivity index (χ0v) is 6.61. The first-order chi connectivity index (χ1) is 4.77. The van der Waals surface area contributed by atoms with E-state index < -0.39 is 0 Å². The summed E-state index contributed by atoms with van der Waals surface area (Å²) in [7, 11) is 0. The minimum Gasteiger partial charge on any atom is -0.311 e. The molecule has 1 aliphatic heterocycles. The summed E-state index contributed by atoms with van der Waals surface area (Å²) in [4.78, 5) is 0. The monoisotopic (exact) mass is 137 g/mol. The van der Waals surface area contributed by atoms with Crippen LogP contribution in [0.15, 0.2) is 0 Å². The summed E-state index contributed by atoms with van der Waals surface area (Å²) in [5, 5.41) is 3.47. The second kappa shape index (κ2) is 3.07. The van der Waals surface area contributed by atoms with Crippen LogP contribution < -0.4 is 5.32 Å². The van der Waals surface area contributed by atoms with E-state index in [0.717, 1.165) is 12.8 Å². The lowest BCUT2D eigenvalue weighted by Gasteiger charge is -2.22. The van der Waals surface area contributed by atoms with E-state index in [-0.39, 0.29) is 0 Å². The van der Waals surface area contributed by atoms with Crippen molar-refractivity contribution >= 4 is 0 Å². The molecule has 0 bridgehead atoms. The molecule has 1 saturated heterocycles. The molecule has 1 heteroatoms. The molecule has 0 spiro atoms. The molecule has 0 radical (unpaired) electrons. The van der Waals surface area contributed by atoms with Crippen LogP contribution in [0, 0.1) is 12.3 Å². The molecule has 0 aromatic heterocycles. The predicted octanol–water partition coefficient (Wildman–Crippen LogP) is 1.54. The molecule has 0 saturated carbocycles. The van der Waals surface area contributed by atoms with E-state index in [9.17, 15) is 0 Å². The third kappa shape index (κ3) is 1.75. The molecule has 0 amide bonds. The molecule has 1 atom stereocenters. The number of hydrogen-bond acceptors (Lipinski definition) is 1. The first kappa shape index (κ1) is 7.63. The summed E-state index contributed by atoms with van der Waals surface area (Å²) >= 11 is 0. The van der Waals surface area contributed by atoms with Crippen molar-refractivity contribution in [2.45, 2.75) is 38.1 Å². The van der Waals surface area contributed by atoms with Crippen LogP contribution in [0.1, 0.15) is 32.6 Å². The second-order valence-corrected chi connectivity index (χ2v) is 3.30. The minimum atomic E-state index is 0.354. The fourth-order valence-electron chi connectivity index (χ4n) is 1.52. The molecule has 0 aliphatic carbocycles. The fraction of sp³-hybridized carbons (Fsp3) is 0.778. The Hall–Kier alpha value is -0.480. The van der Waals surface area contributed by atoms with E-state index in [1.165, 1.54) is 19.4 Å². The van der Waals surface area contributed by atoms with Crippen molar-refractivity contribution in [2.75, 3.05) is 6.54 Å². The van der Waals surface area contributed by atoms with Gasteiger partial charge in [-0.1, -0.05) is 0 Å². The van der Waals surface area contributed by atoms with Crippen molar-refractivity contribution in [1.82, 2.24) is 5.32 Å². The van der Waals surface area contributed by atoms with Crippen LogP contribution in [0.2, 0.25) is 0 Å². The summed E-state index contributed by atoms with van der Waals surface area (Å²) in [6.07, 6.45) is 9.82. The quantitative estimate of drug-likeness (QED) is 0.569. The van der Waals surface area contributed by atoms with Crippen LogP contribution in [0.4, 0.5) is 0 Å². The number of hydrogen-bond donors (Lipinski definition) is 1. The molecule has 1 heterocycles. The van der Waals surface area contributed by atoms with E-state index in [4.69, 9.17) is 6.42 Å². The Morgan fingerprint density at radius 3 is 3.00 bits per heavy atom. The van der Waals surface area contributed by atoms with E-state index in [1.54, 1.807) is 0 Å². The Balaban J connectivity index is 2.30. The maximum atomic E-state index is 5.19. The zero-order chi connectivity index (χ0) is 7.45. The summed E-state index contributed by atoms with van der Waals surface area (Å²) in [6, 6.07) is 0. The van der Waals surface area contributed by atoms with Crippen molar-refractivity contribution < 1.29 is 0 Å². The van der Waals surface area contributed by atoms with Gasteiger partial charge in [0, 0.05) is 12.0 Å². The van der Waals surface area contributed by atoms with Gasteiger partial charge in [-0.3, -0.25) is 0 Å². The molecule has 0 aromatic rings. The highest BCUT2D eigenvalue weighted by atomic mass is 15.0. The average molecular weight is 137 g/mol. The van der Waals surface area contributed by atoms with Gasteiger partial charge in [0.05, 0.1) is 0 Å². The third-order valence-corrected chi connectivity index (χ3v) is 2.28. The third-order valence-electron chi connectivity index (χ3n) is 2.28. The van der Waals surface area contributed by atoms with Gasteiger partial charge in [0.15, 0.2) is 0 Å². The number of rotatable bonds is 2. The lowest BCUT2D eigenvalue weighted by molar-refractivity contribution is 0.390. The topological polar surface area (TPSA) is 12.0 Å². The van der Waals surface area contributed by atoms with E-state index in [0.29, 0.717) is 5.54 Å². The summed E-state index contributed by atoms with van der Waals surface area (Å²) in [6.45, 7) is 3.43. The minimum absolute atomic E-state index is 0.354. The van der Waals surface area contributed by atoms with E-state index in [1.807, 2.05) is 0 Å². The standard InChI is InChI=1S/C9H15N/c1-3-4-6-9(2)7-5-8-10-9/h1,10H,4-8H2,2H3. The fourth-order valence-corrected chi connectivity index (χ4v) is 1.52. The first-order valence-electron chi connectivity index (χ1n) is 3.95. The molecule has 1 fully saturated rings. The van der Waals surface area contributed by atoms with Crippen LogP contribution in [-0.4, -0.2) is 12.1 Å². The summed E-state index contributed by atoms with van der Waals surface area (Å²) < 4.78 is 0. The Bertz CT molecular complexity index is 137. The van der Waals surface area contributed by atoms with Gasteiger partial charge >= 0.3 is 0 Å². The Morgan fingerprint density at radius 1 is 1.70 bits per heavy atom. The van der Waals surface area contributed by atoms with Gasteiger partial charge in [-0.05, 0) is 32.7 Å². The van der Waals surface area contributed by atoms with Crippen molar-refractivity contribution in [2.24, 2.45) is 0 Å². The molecule has 1 nitrogen and oxygen atoms in total. The lowest BCUT2D eigenvalue weighted by atomic mass is 9.94. The van der Waals surface area contributed by atoms with Crippen LogP contribution in [-0.2, 0) is 0 Å². The SMILES string of the molecule is C#CCCC1(C)CCCN1. The Kier molecular flexibility index (Phi) is 2.34. The molecule has 10 heavy (non-hydrogen) atoms. The largest absolute Gasteiger partial charge is 0.311 e. The number of nitrogens with one attached hydrogen (secondary N) is 1. The maximum absolute atomic E-state index is 5.19. The van der Waals surface area contributed by atoms with Crippen LogP contribution >= 0.6 is 0 Å². The summed E-state index contributed by atoms with van der Waals surface area (Å²) in [5.74, 6) is 2.68. The predicted molar refractivity (Wildman–Crippen MR) is 43.7 cm³/mol. The van der Waals surface area contributed by atoms with Crippen LogP contribution in [0.3, 0.4) is 0 Å². The van der Waals surface area contributed by atoms with Gasteiger partial charge < -0.3 is 5.32 Å². The van der Waals surface area contributed by atoms with Crippen molar-refractivity contribution in [3.63, 3.8) is 0 Å². The summed E-state index contributed by atoms with van der Waals surface area (Å²) in [5.41, 5.74) is 0.354. The molecule has 1 rings (SSSR count). The molecule has 0 aromatic carbocycles. The lowest BCUT2D eigenvalue weighted by Crippen LogP contribution is -2.35. The molecule has 56 valence electrons. The highest BCUT2D eigenvalue weighted by Gasteiger charge is 2.26. The smallest absolute Gasteiger partial charge is 0.0162 e. The first-order valence-corrected chi connectivity index (χ1v) is 3.95. The van der Waals surface area contributed by atoms with Gasteiger partial charge in [0.1, 0.15) is 0 Å². The van der Waals surface area contributed by atoms with Gasteiger partial charge in [-0.15, -0.1) is 12.3 Å². The van der Waals surface area contributed by atoms with Gasteiger partial charge in [0.2, 0.25) is 0 Å². The second-order valence-electron chi connectivity index (χ2n) is 3.30. The number of terminal acetylenes is 1. The van der Waals surface area contributed by atoms with Crippen LogP contribution in [0.25, 0.3) is 0 Å². The van der Waals surface area contributed by atoms with Gasteiger partial charge in [-0.25, -0.2) is 0 Å². The highest BCUT2D eigenvalue weighted by molar-refractivity contribution is 4.94. The van der Waals surface area contributed by atoms with E-state index in [2.05, 4.69) is 18.2 Å². The molecule has 1 aliphatic rings. The van der Waals surface area contributed by atoms with E-state index >= 15 is 0 Å². The Morgan fingerprint density at radius 2 is 2.50 bits per heavy atom. The van der Waals surface area contributed by atoms with Crippen molar-refractivity contribution in [1.29, 1.82) is 0 Å². The van der Waals surface area contributed by atoms with Crippen molar-refractivity contribution in [3.05, 3.63) is 0 Å². The molecule has 1 unspecified atom stereocenters. The van der Waals surface area contributed by atoms with Crippen LogP contribution in [0.5, 0.6) is 0 Å². The normalized spacial score (nSPS) is 32.0. The maximum Gasteiger partial charge on any atom is 0.0162 e. The molecular formula is C9H15N. The zero-order valence-electron chi connectivity index (χ0n) is 6.61.